The van der Waals surface area contributed by atoms with Gasteiger partial charge >= 0.3 is 6.18 Å². The summed E-state index contributed by atoms with van der Waals surface area (Å²) in [5.74, 6) is 0.474. The van der Waals surface area contributed by atoms with Crippen LogP contribution in [0.3, 0.4) is 0 Å². The molecule has 0 saturated carbocycles. The second kappa shape index (κ2) is 4.18. The van der Waals surface area contributed by atoms with Crippen LogP contribution >= 0.6 is 0 Å². The number of nitrogens with zero attached hydrogens (tertiary/aromatic N) is 2. The molecule has 1 unspecified atom stereocenters. The van der Waals surface area contributed by atoms with Gasteiger partial charge in [-0.05, 0) is 25.5 Å². The van der Waals surface area contributed by atoms with Gasteiger partial charge in [0.25, 0.3) is 0 Å². The van der Waals surface area contributed by atoms with E-state index in [2.05, 4.69) is 4.98 Å². The molecule has 1 aliphatic rings. The van der Waals surface area contributed by atoms with E-state index >= 15 is 0 Å². The molecule has 0 radical (unpaired) electrons. The molecule has 1 aliphatic heterocycles. The van der Waals surface area contributed by atoms with Crippen molar-refractivity contribution < 1.29 is 18.3 Å². The van der Waals surface area contributed by atoms with Crippen LogP contribution in [-0.4, -0.2) is 28.8 Å². The second-order valence-corrected chi connectivity index (χ2v) is 4.29. The molecule has 0 aliphatic carbocycles. The van der Waals surface area contributed by atoms with Crippen LogP contribution in [0.4, 0.5) is 19.0 Å². The molecule has 6 heteroatoms. The first kappa shape index (κ1) is 12.2. The average Bonchev–Trinajstić information content (AvgIpc) is 2.57. The smallest absolute Gasteiger partial charge is 0.391 e. The lowest BCUT2D eigenvalue weighted by atomic mass is 10.2. The minimum Gasteiger partial charge on any atom is -0.391 e. The number of aromatic nitrogens is 1. The highest BCUT2D eigenvalue weighted by Crippen LogP contribution is 2.30. The Kier molecular flexibility index (Phi) is 2.99. The van der Waals surface area contributed by atoms with Crippen molar-refractivity contribution in [3.8, 4) is 0 Å². The summed E-state index contributed by atoms with van der Waals surface area (Å²) in [4.78, 5) is 5.62. The van der Waals surface area contributed by atoms with Crippen LogP contribution in [0.25, 0.3) is 0 Å². The third-order valence-corrected chi connectivity index (χ3v) is 2.92. The van der Waals surface area contributed by atoms with Crippen molar-refractivity contribution in [2.24, 2.45) is 0 Å². The van der Waals surface area contributed by atoms with Gasteiger partial charge in [0.15, 0.2) is 0 Å². The molecule has 1 N–H and O–H groups in total. The van der Waals surface area contributed by atoms with Gasteiger partial charge in [-0.1, -0.05) is 0 Å². The summed E-state index contributed by atoms with van der Waals surface area (Å²) in [5.41, 5.74) is -0.756. The number of alkyl halides is 3. The van der Waals surface area contributed by atoms with Gasteiger partial charge < -0.3 is 10.0 Å². The predicted molar refractivity (Wildman–Crippen MR) is 56.7 cm³/mol. The maximum atomic E-state index is 12.3. The van der Waals surface area contributed by atoms with Crippen molar-refractivity contribution in [3.05, 3.63) is 23.9 Å². The molecular formula is C11H13F3N2O. The first-order valence-corrected chi connectivity index (χ1v) is 5.36. The van der Waals surface area contributed by atoms with E-state index in [1.807, 2.05) is 11.8 Å². The van der Waals surface area contributed by atoms with E-state index in [0.29, 0.717) is 18.8 Å². The van der Waals surface area contributed by atoms with Gasteiger partial charge in [0.2, 0.25) is 0 Å². The van der Waals surface area contributed by atoms with Crippen LogP contribution in [-0.2, 0) is 6.18 Å². The minimum atomic E-state index is -4.36. The number of anilines is 1. The van der Waals surface area contributed by atoms with E-state index in [9.17, 15) is 18.3 Å². The summed E-state index contributed by atoms with van der Waals surface area (Å²) < 4.78 is 37.0. The van der Waals surface area contributed by atoms with Gasteiger partial charge in [-0.2, -0.15) is 13.2 Å². The minimum absolute atomic E-state index is 0.0919. The number of halogens is 3. The summed E-state index contributed by atoms with van der Waals surface area (Å²) >= 11 is 0. The number of rotatable bonds is 1. The fourth-order valence-electron chi connectivity index (χ4n) is 2.05. The van der Waals surface area contributed by atoms with Crippen LogP contribution in [0.15, 0.2) is 18.3 Å². The summed E-state index contributed by atoms with van der Waals surface area (Å²) in [7, 11) is 0. The monoisotopic (exact) mass is 246 g/mol. The summed E-state index contributed by atoms with van der Waals surface area (Å²) in [5, 5.41) is 9.47. The molecule has 0 bridgehead atoms. The predicted octanol–water partition coefficient (Wildman–Crippen LogP) is 2.06. The number of aliphatic hydroxyl groups excluding tert-OH is 1. The summed E-state index contributed by atoms with van der Waals surface area (Å²) in [6, 6.07) is 2.45. The number of pyridine rings is 1. The van der Waals surface area contributed by atoms with Gasteiger partial charge in [-0.25, -0.2) is 4.98 Å². The van der Waals surface area contributed by atoms with Crippen LogP contribution in [0.2, 0.25) is 0 Å². The molecule has 2 rings (SSSR count). The Hall–Kier alpha value is -1.30. The topological polar surface area (TPSA) is 36.4 Å². The molecule has 1 aromatic rings. The molecule has 3 nitrogen and oxygen atoms in total. The standard InChI is InChI=1S/C11H13F3N2O/c1-7-4-9(17)6-16(7)10-3-2-8(5-15-10)11(12,13)14/h2-3,5,7,9,17H,4,6H2,1H3/t7?,9-/m0/s1. The van der Waals surface area contributed by atoms with Gasteiger partial charge in [0, 0.05) is 18.8 Å². The lowest BCUT2D eigenvalue weighted by Gasteiger charge is -2.22. The highest BCUT2D eigenvalue weighted by Gasteiger charge is 2.32. The zero-order chi connectivity index (χ0) is 12.6. The SMILES string of the molecule is CC1C[C@H](O)CN1c1ccc(C(F)(F)F)cn1. The van der Waals surface area contributed by atoms with Crippen LogP contribution in [0, 0.1) is 0 Å². The van der Waals surface area contributed by atoms with E-state index in [0.717, 1.165) is 12.3 Å². The number of aliphatic hydroxyl groups is 1. The van der Waals surface area contributed by atoms with Gasteiger partial charge in [-0.15, -0.1) is 0 Å². The second-order valence-electron chi connectivity index (χ2n) is 4.29. The average molecular weight is 246 g/mol. The van der Waals surface area contributed by atoms with Crippen LogP contribution in [0.5, 0.6) is 0 Å². The highest BCUT2D eigenvalue weighted by molar-refractivity contribution is 5.42. The van der Waals surface area contributed by atoms with E-state index < -0.39 is 17.8 Å². The van der Waals surface area contributed by atoms with E-state index in [1.165, 1.54) is 6.07 Å². The molecule has 1 saturated heterocycles. The molecule has 2 heterocycles. The van der Waals surface area contributed by atoms with E-state index in [-0.39, 0.29) is 6.04 Å². The van der Waals surface area contributed by atoms with Crippen molar-refractivity contribution in [3.63, 3.8) is 0 Å². The van der Waals surface area contributed by atoms with Crippen LogP contribution < -0.4 is 4.90 Å². The Labute approximate surface area is 96.9 Å². The fraction of sp³-hybridized carbons (Fsp3) is 0.545. The molecular weight excluding hydrogens is 233 g/mol. The zero-order valence-corrected chi connectivity index (χ0v) is 9.28. The molecule has 1 fully saturated rings. The Bertz CT molecular complexity index is 391. The number of hydrogen-bond donors (Lipinski definition) is 1. The molecule has 94 valence electrons. The molecule has 1 aromatic heterocycles. The lowest BCUT2D eigenvalue weighted by Crippen LogP contribution is -2.28. The van der Waals surface area contributed by atoms with Crippen molar-refractivity contribution in [2.45, 2.75) is 31.7 Å². The maximum absolute atomic E-state index is 12.3. The van der Waals surface area contributed by atoms with Gasteiger partial charge in [0.05, 0.1) is 11.7 Å². The van der Waals surface area contributed by atoms with Crippen molar-refractivity contribution >= 4 is 5.82 Å². The summed E-state index contributed by atoms with van der Waals surface area (Å²) in [6.45, 7) is 2.33. The Morgan fingerprint density at radius 3 is 2.53 bits per heavy atom. The highest BCUT2D eigenvalue weighted by atomic mass is 19.4. The van der Waals surface area contributed by atoms with Gasteiger partial charge in [-0.3, -0.25) is 0 Å². The Balaban J connectivity index is 2.19. The number of hydrogen-bond acceptors (Lipinski definition) is 3. The lowest BCUT2D eigenvalue weighted by molar-refractivity contribution is -0.137. The molecule has 0 amide bonds. The quantitative estimate of drug-likeness (QED) is 0.824. The number of β-amino-alcohol motifs (C(OH)–C–C–N with tert-alkyl or cyclic N) is 1. The molecule has 0 aromatic carbocycles. The largest absolute Gasteiger partial charge is 0.417 e. The van der Waals surface area contributed by atoms with E-state index in [1.54, 1.807) is 0 Å². The Morgan fingerprint density at radius 2 is 2.12 bits per heavy atom. The third-order valence-electron chi connectivity index (χ3n) is 2.92. The fourth-order valence-corrected chi connectivity index (χ4v) is 2.05. The van der Waals surface area contributed by atoms with E-state index in [4.69, 9.17) is 0 Å². The normalized spacial score (nSPS) is 25.4. The molecule has 17 heavy (non-hydrogen) atoms. The first-order valence-electron chi connectivity index (χ1n) is 5.36. The van der Waals surface area contributed by atoms with Crippen LogP contribution in [0.1, 0.15) is 18.9 Å². The summed E-state index contributed by atoms with van der Waals surface area (Å²) in [6.07, 6.45) is -3.36. The van der Waals surface area contributed by atoms with Crippen molar-refractivity contribution in [1.82, 2.24) is 4.98 Å². The van der Waals surface area contributed by atoms with Crippen molar-refractivity contribution in [1.29, 1.82) is 0 Å². The van der Waals surface area contributed by atoms with Crippen molar-refractivity contribution in [2.75, 3.05) is 11.4 Å². The maximum Gasteiger partial charge on any atom is 0.417 e. The zero-order valence-electron chi connectivity index (χ0n) is 9.28. The molecule has 2 atom stereocenters. The first-order chi connectivity index (χ1) is 7.88. The van der Waals surface area contributed by atoms with Gasteiger partial charge in [0.1, 0.15) is 5.82 Å². The third kappa shape index (κ3) is 2.52. The Morgan fingerprint density at radius 1 is 1.41 bits per heavy atom. The molecule has 0 spiro atoms.